The van der Waals surface area contributed by atoms with Crippen LogP contribution < -0.4 is 0 Å². The molecule has 10 nitrogen and oxygen atoms in total. The van der Waals surface area contributed by atoms with Gasteiger partial charge in [0.15, 0.2) is 0 Å². The summed E-state index contributed by atoms with van der Waals surface area (Å²) in [5, 5.41) is 19.7. The van der Waals surface area contributed by atoms with E-state index in [4.69, 9.17) is 9.68 Å². The number of nitrogens with zero attached hydrogens (tertiary/aromatic N) is 2. The predicted molar refractivity (Wildman–Crippen MR) is 126 cm³/mol. The smallest absolute Gasteiger partial charge is 0.276 e. The third-order valence-corrected chi connectivity index (χ3v) is 6.95. The lowest BCUT2D eigenvalue weighted by Gasteiger charge is -2.46. The number of carbonyl (C=O) groups is 4. The van der Waals surface area contributed by atoms with Gasteiger partial charge in [0.2, 0.25) is 0 Å². The highest BCUT2D eigenvalue weighted by atomic mass is 16.7. The van der Waals surface area contributed by atoms with Crippen LogP contribution >= 0.6 is 0 Å². The first-order valence-corrected chi connectivity index (χ1v) is 12.3. The molecule has 196 valence electrons. The Kier molecular flexibility index (Phi) is 11.2. The minimum absolute atomic E-state index is 0.129. The van der Waals surface area contributed by atoms with Crippen molar-refractivity contribution in [3.05, 3.63) is 25.3 Å². The van der Waals surface area contributed by atoms with Crippen LogP contribution in [0.15, 0.2) is 25.3 Å². The van der Waals surface area contributed by atoms with Crippen LogP contribution in [0, 0.1) is 10.8 Å². The minimum atomic E-state index is -1.07. The first kappa shape index (κ1) is 28.8. The lowest BCUT2D eigenvalue weighted by molar-refractivity contribution is -0.210. The van der Waals surface area contributed by atoms with Gasteiger partial charge in [-0.25, -0.2) is 0 Å². The quantitative estimate of drug-likeness (QED) is 0.312. The van der Waals surface area contributed by atoms with Gasteiger partial charge in [0.05, 0.1) is 37.3 Å². The molecule has 0 aromatic rings. The SMILES string of the molecule is C=CC(=O)N(OCCO)C(=O)C1(CC2(C(=O)N(OCCO)C(=O)C=C)CCCCC2)CCCCC1. The van der Waals surface area contributed by atoms with E-state index in [-0.39, 0.29) is 32.8 Å². The molecule has 0 bridgehead atoms. The Morgan fingerprint density at radius 3 is 1.31 bits per heavy atom. The van der Waals surface area contributed by atoms with Crippen molar-refractivity contribution in [2.75, 3.05) is 26.4 Å². The van der Waals surface area contributed by atoms with E-state index < -0.39 is 34.5 Å². The zero-order valence-corrected chi connectivity index (χ0v) is 20.4. The van der Waals surface area contributed by atoms with Gasteiger partial charge < -0.3 is 10.2 Å². The van der Waals surface area contributed by atoms with Crippen LogP contribution in [0.4, 0.5) is 0 Å². The van der Waals surface area contributed by atoms with Crippen molar-refractivity contribution in [1.29, 1.82) is 0 Å². The number of hydroxylamine groups is 4. The summed E-state index contributed by atoms with van der Waals surface area (Å²) in [6, 6.07) is 0. The summed E-state index contributed by atoms with van der Waals surface area (Å²) in [6.45, 7) is 5.63. The molecule has 0 unspecified atom stereocenters. The van der Waals surface area contributed by atoms with Gasteiger partial charge in [0.1, 0.15) is 0 Å². The maximum absolute atomic E-state index is 13.9. The molecule has 2 aliphatic carbocycles. The molecule has 0 saturated heterocycles. The second-order valence-corrected chi connectivity index (χ2v) is 9.26. The Labute approximate surface area is 206 Å². The van der Waals surface area contributed by atoms with Crippen LogP contribution in [0.2, 0.25) is 0 Å². The zero-order valence-electron chi connectivity index (χ0n) is 20.4. The number of carbonyl (C=O) groups excluding carboxylic acids is 4. The molecule has 0 aliphatic heterocycles. The van der Waals surface area contributed by atoms with E-state index in [1.54, 1.807) is 0 Å². The van der Waals surface area contributed by atoms with Gasteiger partial charge in [-0.2, -0.15) is 0 Å². The van der Waals surface area contributed by atoms with Gasteiger partial charge in [-0.1, -0.05) is 51.7 Å². The summed E-state index contributed by atoms with van der Waals surface area (Å²) < 4.78 is 0. The van der Waals surface area contributed by atoms with E-state index in [1.807, 2.05) is 0 Å². The summed E-state index contributed by atoms with van der Waals surface area (Å²) in [4.78, 5) is 63.4. The number of hydrogen-bond donors (Lipinski definition) is 2. The van der Waals surface area contributed by atoms with Crippen LogP contribution in [0.5, 0.6) is 0 Å². The molecular formula is C25H38N2O8. The third kappa shape index (κ3) is 6.84. The molecule has 2 fully saturated rings. The first-order valence-electron chi connectivity index (χ1n) is 12.3. The second kappa shape index (κ2) is 13.6. The average Bonchev–Trinajstić information content (AvgIpc) is 2.89. The van der Waals surface area contributed by atoms with E-state index in [1.165, 1.54) is 0 Å². The van der Waals surface area contributed by atoms with E-state index >= 15 is 0 Å². The van der Waals surface area contributed by atoms with Gasteiger partial charge in [-0.3, -0.25) is 28.9 Å². The fourth-order valence-electron chi connectivity index (χ4n) is 5.34. The first-order chi connectivity index (χ1) is 16.8. The summed E-state index contributed by atoms with van der Waals surface area (Å²) >= 11 is 0. The number of hydrogen-bond acceptors (Lipinski definition) is 8. The maximum Gasteiger partial charge on any atom is 0.276 e. The average molecular weight is 495 g/mol. The minimum Gasteiger partial charge on any atom is -0.394 e. The highest BCUT2D eigenvalue weighted by molar-refractivity contribution is 6.03. The van der Waals surface area contributed by atoms with Crippen LogP contribution in [0.3, 0.4) is 0 Å². The molecule has 35 heavy (non-hydrogen) atoms. The van der Waals surface area contributed by atoms with Crippen molar-refractivity contribution >= 4 is 23.6 Å². The molecule has 0 heterocycles. The molecule has 10 heteroatoms. The molecular weight excluding hydrogens is 456 g/mol. The van der Waals surface area contributed by atoms with Crippen LogP contribution in [0.25, 0.3) is 0 Å². The molecule has 0 aromatic heterocycles. The van der Waals surface area contributed by atoms with E-state index in [0.29, 0.717) is 35.8 Å². The molecule has 2 aliphatic rings. The van der Waals surface area contributed by atoms with Gasteiger partial charge in [0, 0.05) is 0 Å². The summed E-state index contributed by atoms with van der Waals surface area (Å²) in [7, 11) is 0. The molecule has 0 atom stereocenters. The fourth-order valence-corrected chi connectivity index (χ4v) is 5.34. The van der Waals surface area contributed by atoms with Crippen molar-refractivity contribution in [3.63, 3.8) is 0 Å². The zero-order chi connectivity index (χ0) is 25.9. The Hall–Kier alpha value is -2.40. The molecule has 2 rings (SSSR count). The Morgan fingerprint density at radius 2 is 1.03 bits per heavy atom. The van der Waals surface area contributed by atoms with Crippen molar-refractivity contribution in [1.82, 2.24) is 10.1 Å². The monoisotopic (exact) mass is 494 g/mol. The van der Waals surface area contributed by atoms with Gasteiger partial charge in [-0.05, 0) is 44.3 Å². The number of amides is 4. The van der Waals surface area contributed by atoms with Crippen molar-refractivity contribution in [3.8, 4) is 0 Å². The molecule has 0 radical (unpaired) electrons. The van der Waals surface area contributed by atoms with E-state index in [2.05, 4.69) is 13.2 Å². The van der Waals surface area contributed by atoms with Crippen molar-refractivity contribution in [2.24, 2.45) is 10.8 Å². The second-order valence-electron chi connectivity index (χ2n) is 9.26. The predicted octanol–water partition coefficient (Wildman–Crippen LogP) is 2.21. The highest BCUT2D eigenvalue weighted by Gasteiger charge is 2.54. The number of imide groups is 2. The van der Waals surface area contributed by atoms with Gasteiger partial charge >= 0.3 is 0 Å². The molecule has 4 amide bonds. The molecule has 2 saturated carbocycles. The van der Waals surface area contributed by atoms with Crippen molar-refractivity contribution < 1.29 is 39.1 Å². The Morgan fingerprint density at radius 1 is 0.686 bits per heavy atom. The number of rotatable bonds is 12. The third-order valence-electron chi connectivity index (χ3n) is 6.95. The van der Waals surface area contributed by atoms with E-state index in [0.717, 1.165) is 50.7 Å². The van der Waals surface area contributed by atoms with E-state index in [9.17, 15) is 29.4 Å². The molecule has 0 aromatic carbocycles. The number of aliphatic hydroxyl groups is 2. The Bertz CT molecular complexity index is 720. The van der Waals surface area contributed by atoms with Gasteiger partial charge in [0.25, 0.3) is 23.6 Å². The maximum atomic E-state index is 13.9. The summed E-state index contributed by atoms with van der Waals surface area (Å²) in [5.74, 6) is -2.61. The Balaban J connectivity index is 2.50. The number of aliphatic hydroxyl groups excluding tert-OH is 2. The highest BCUT2D eigenvalue weighted by Crippen LogP contribution is 2.52. The van der Waals surface area contributed by atoms with Crippen molar-refractivity contribution in [2.45, 2.75) is 70.6 Å². The van der Waals surface area contributed by atoms with Gasteiger partial charge in [-0.15, -0.1) is 10.1 Å². The standard InChI is InChI=1S/C25H38N2O8/c1-3-20(30)26(34-17-15-28)22(32)24(11-7-5-8-12-24)19-25(13-9-6-10-14-25)23(33)27(21(31)4-2)35-18-16-29/h3-4,28-29H,1-2,5-19H2. The summed E-state index contributed by atoms with van der Waals surface area (Å²) in [6.07, 6.45) is 8.69. The lowest BCUT2D eigenvalue weighted by Crippen LogP contribution is -2.54. The van der Waals surface area contributed by atoms with Crippen LogP contribution in [-0.2, 0) is 28.9 Å². The van der Waals surface area contributed by atoms with Crippen LogP contribution in [0.1, 0.15) is 70.6 Å². The normalized spacial score (nSPS) is 18.8. The lowest BCUT2D eigenvalue weighted by atomic mass is 9.59. The fraction of sp³-hybridized carbons (Fsp3) is 0.680. The van der Waals surface area contributed by atoms with Crippen LogP contribution in [-0.4, -0.2) is 70.4 Å². The topological polar surface area (TPSA) is 134 Å². The largest absolute Gasteiger partial charge is 0.394 e. The summed E-state index contributed by atoms with van der Waals surface area (Å²) in [5.41, 5.74) is -2.14. The molecule has 2 N–H and O–H groups in total. The molecule has 0 spiro atoms.